The molecule has 0 radical (unpaired) electrons. The SMILES string of the molecule is CC(C)C1CN=C(NC(C)(C)C(N)=O)S1. The number of aliphatic imine (C=N–C) groups is 1. The normalized spacial score (nSPS) is 21.7. The largest absolute Gasteiger partial charge is 0.368 e. The van der Waals surface area contributed by atoms with Crippen molar-refractivity contribution in [2.24, 2.45) is 16.6 Å². The molecule has 1 heterocycles. The standard InChI is InChI=1S/C10H19N3OS/c1-6(2)7-5-12-9(15-7)13-10(3,4)8(11)14/h6-7H,5H2,1-4H3,(H2,11,14)(H,12,13). The molecule has 5 heteroatoms. The summed E-state index contributed by atoms with van der Waals surface area (Å²) in [7, 11) is 0. The van der Waals surface area contributed by atoms with Crippen LogP contribution in [0.25, 0.3) is 0 Å². The second kappa shape index (κ2) is 4.43. The van der Waals surface area contributed by atoms with Gasteiger partial charge in [0.25, 0.3) is 0 Å². The molecule has 1 aliphatic heterocycles. The van der Waals surface area contributed by atoms with Gasteiger partial charge in [0.15, 0.2) is 5.17 Å². The van der Waals surface area contributed by atoms with E-state index in [0.717, 1.165) is 11.7 Å². The van der Waals surface area contributed by atoms with Gasteiger partial charge in [-0.3, -0.25) is 9.79 Å². The smallest absolute Gasteiger partial charge is 0.242 e. The van der Waals surface area contributed by atoms with Crippen molar-refractivity contribution in [2.75, 3.05) is 6.54 Å². The van der Waals surface area contributed by atoms with E-state index in [4.69, 9.17) is 5.73 Å². The highest BCUT2D eigenvalue weighted by atomic mass is 32.2. The van der Waals surface area contributed by atoms with E-state index in [1.807, 2.05) is 0 Å². The molecule has 4 nitrogen and oxygen atoms in total. The Morgan fingerprint density at radius 3 is 2.67 bits per heavy atom. The fourth-order valence-electron chi connectivity index (χ4n) is 1.14. The topological polar surface area (TPSA) is 67.5 Å². The third-order valence-corrected chi connectivity index (χ3v) is 3.91. The Kier molecular flexibility index (Phi) is 3.65. The molecule has 1 rings (SSSR count). The van der Waals surface area contributed by atoms with E-state index in [2.05, 4.69) is 24.2 Å². The van der Waals surface area contributed by atoms with Crippen LogP contribution in [0.2, 0.25) is 0 Å². The highest BCUT2D eigenvalue weighted by molar-refractivity contribution is 8.14. The molecular formula is C10H19N3OS. The maximum absolute atomic E-state index is 11.1. The maximum atomic E-state index is 11.1. The Morgan fingerprint density at radius 2 is 2.27 bits per heavy atom. The highest BCUT2D eigenvalue weighted by Crippen LogP contribution is 2.26. The molecule has 1 atom stereocenters. The Hall–Kier alpha value is -0.710. The van der Waals surface area contributed by atoms with E-state index in [1.165, 1.54) is 0 Å². The molecule has 0 aromatic carbocycles. The zero-order valence-electron chi connectivity index (χ0n) is 9.70. The number of rotatable bonds is 3. The minimum atomic E-state index is -0.725. The van der Waals surface area contributed by atoms with Crippen molar-refractivity contribution in [3.8, 4) is 0 Å². The third kappa shape index (κ3) is 3.12. The molecule has 1 aliphatic rings. The first kappa shape index (κ1) is 12.4. The van der Waals surface area contributed by atoms with E-state index in [-0.39, 0.29) is 5.91 Å². The van der Waals surface area contributed by atoms with Gasteiger partial charge in [-0.05, 0) is 19.8 Å². The van der Waals surface area contributed by atoms with Crippen LogP contribution in [0.15, 0.2) is 4.99 Å². The number of nitrogens with one attached hydrogen (secondary N) is 1. The number of thioether (sulfide) groups is 1. The van der Waals surface area contributed by atoms with Gasteiger partial charge >= 0.3 is 0 Å². The second-order valence-electron chi connectivity index (χ2n) is 4.66. The highest BCUT2D eigenvalue weighted by Gasteiger charge is 2.30. The van der Waals surface area contributed by atoms with Crippen molar-refractivity contribution in [2.45, 2.75) is 38.5 Å². The molecule has 0 aromatic rings. The number of amidine groups is 1. The molecule has 1 amide bonds. The van der Waals surface area contributed by atoms with Crippen molar-refractivity contribution in [3.63, 3.8) is 0 Å². The number of amides is 1. The summed E-state index contributed by atoms with van der Waals surface area (Å²) in [4.78, 5) is 15.5. The first-order chi connectivity index (χ1) is 6.83. The summed E-state index contributed by atoms with van der Waals surface area (Å²) >= 11 is 1.69. The van der Waals surface area contributed by atoms with E-state index in [1.54, 1.807) is 25.6 Å². The Morgan fingerprint density at radius 1 is 1.67 bits per heavy atom. The summed E-state index contributed by atoms with van der Waals surface area (Å²) < 4.78 is 0. The number of carbonyl (C=O) groups excluding carboxylic acids is 1. The predicted octanol–water partition coefficient (Wildman–Crippen LogP) is 0.967. The van der Waals surface area contributed by atoms with E-state index in [0.29, 0.717) is 11.2 Å². The van der Waals surface area contributed by atoms with Gasteiger partial charge in [0.05, 0.1) is 6.54 Å². The van der Waals surface area contributed by atoms with Gasteiger partial charge in [0, 0.05) is 5.25 Å². The summed E-state index contributed by atoms with van der Waals surface area (Å²) in [5, 5.41) is 4.42. The Balaban J connectivity index is 2.53. The zero-order valence-corrected chi connectivity index (χ0v) is 10.5. The van der Waals surface area contributed by atoms with Crippen LogP contribution in [0.4, 0.5) is 0 Å². The van der Waals surface area contributed by atoms with Crippen molar-refractivity contribution in [1.29, 1.82) is 0 Å². The minimum Gasteiger partial charge on any atom is -0.368 e. The van der Waals surface area contributed by atoms with E-state index >= 15 is 0 Å². The molecule has 0 saturated carbocycles. The fourth-order valence-corrected chi connectivity index (χ4v) is 2.31. The molecule has 0 spiro atoms. The molecular weight excluding hydrogens is 210 g/mol. The molecule has 3 N–H and O–H groups in total. The number of hydrogen-bond donors (Lipinski definition) is 2. The van der Waals surface area contributed by atoms with Crippen molar-refractivity contribution >= 4 is 22.8 Å². The number of hydrogen-bond acceptors (Lipinski definition) is 4. The average Bonchev–Trinajstić information content (AvgIpc) is 2.51. The summed E-state index contributed by atoms with van der Waals surface area (Å²) in [5.41, 5.74) is 4.55. The number of nitrogens with zero attached hydrogens (tertiary/aromatic N) is 1. The molecule has 1 unspecified atom stereocenters. The molecule has 86 valence electrons. The van der Waals surface area contributed by atoms with Crippen molar-refractivity contribution in [3.05, 3.63) is 0 Å². The maximum Gasteiger partial charge on any atom is 0.242 e. The summed E-state index contributed by atoms with van der Waals surface area (Å²) in [5.74, 6) is 0.230. The summed E-state index contributed by atoms with van der Waals surface area (Å²) in [6.45, 7) is 8.70. The van der Waals surface area contributed by atoms with E-state index < -0.39 is 5.54 Å². The van der Waals surface area contributed by atoms with Crippen LogP contribution >= 0.6 is 11.8 Å². The van der Waals surface area contributed by atoms with Crippen LogP contribution in [0.3, 0.4) is 0 Å². The number of primary amides is 1. The molecule has 0 saturated heterocycles. The molecule has 15 heavy (non-hydrogen) atoms. The number of nitrogens with two attached hydrogens (primary N) is 1. The lowest BCUT2D eigenvalue weighted by Crippen LogP contribution is -2.52. The monoisotopic (exact) mass is 229 g/mol. The lowest BCUT2D eigenvalue weighted by atomic mass is 10.1. The first-order valence-corrected chi connectivity index (χ1v) is 6.00. The van der Waals surface area contributed by atoms with Gasteiger partial charge in [0.1, 0.15) is 5.54 Å². The van der Waals surface area contributed by atoms with Gasteiger partial charge in [-0.25, -0.2) is 0 Å². The van der Waals surface area contributed by atoms with Crippen LogP contribution in [0.5, 0.6) is 0 Å². The van der Waals surface area contributed by atoms with Crippen molar-refractivity contribution < 1.29 is 4.79 Å². The van der Waals surface area contributed by atoms with E-state index in [9.17, 15) is 4.79 Å². The van der Waals surface area contributed by atoms with Crippen LogP contribution in [-0.2, 0) is 4.79 Å². The van der Waals surface area contributed by atoms with Gasteiger partial charge < -0.3 is 11.1 Å². The molecule has 0 fully saturated rings. The van der Waals surface area contributed by atoms with Crippen molar-refractivity contribution in [1.82, 2.24) is 5.32 Å². The van der Waals surface area contributed by atoms with Crippen LogP contribution in [-0.4, -0.2) is 28.4 Å². The summed E-state index contributed by atoms with van der Waals surface area (Å²) in [6, 6.07) is 0. The van der Waals surface area contributed by atoms with Gasteiger partial charge in [-0.2, -0.15) is 0 Å². The molecule has 0 aliphatic carbocycles. The van der Waals surface area contributed by atoms with Crippen LogP contribution in [0, 0.1) is 5.92 Å². The van der Waals surface area contributed by atoms with Crippen LogP contribution < -0.4 is 11.1 Å². The van der Waals surface area contributed by atoms with Gasteiger partial charge in [-0.1, -0.05) is 25.6 Å². The fraction of sp³-hybridized carbons (Fsp3) is 0.800. The third-order valence-electron chi connectivity index (χ3n) is 2.46. The quantitative estimate of drug-likeness (QED) is 0.757. The van der Waals surface area contributed by atoms with Gasteiger partial charge in [-0.15, -0.1) is 0 Å². The minimum absolute atomic E-state index is 0.362. The predicted molar refractivity (Wildman–Crippen MR) is 64.9 cm³/mol. The lowest BCUT2D eigenvalue weighted by Gasteiger charge is -2.23. The lowest BCUT2D eigenvalue weighted by molar-refractivity contribution is -0.122. The van der Waals surface area contributed by atoms with Gasteiger partial charge in [0.2, 0.25) is 5.91 Å². The molecule has 0 bridgehead atoms. The Labute approximate surface area is 95.1 Å². The second-order valence-corrected chi connectivity index (χ2v) is 5.89. The van der Waals surface area contributed by atoms with Crippen LogP contribution in [0.1, 0.15) is 27.7 Å². The first-order valence-electron chi connectivity index (χ1n) is 5.12. The average molecular weight is 229 g/mol. The summed E-state index contributed by atoms with van der Waals surface area (Å²) in [6.07, 6.45) is 0. The Bertz CT molecular complexity index is 286. The zero-order chi connectivity index (χ0) is 11.6. The number of carbonyl (C=O) groups is 1. The molecule has 0 aromatic heterocycles.